The molecule has 0 bridgehead atoms. The van der Waals surface area contributed by atoms with Gasteiger partial charge in [0.15, 0.2) is 0 Å². The van der Waals surface area contributed by atoms with Crippen LogP contribution in [-0.2, 0) is 0 Å². The quantitative estimate of drug-likeness (QED) is 0.559. The Morgan fingerprint density at radius 1 is 1.05 bits per heavy atom. The van der Waals surface area contributed by atoms with E-state index in [1.54, 1.807) is 12.0 Å². The van der Waals surface area contributed by atoms with Crippen molar-refractivity contribution in [2.24, 2.45) is 0 Å². The molecule has 1 aliphatic rings. The van der Waals surface area contributed by atoms with E-state index in [9.17, 15) is 5.11 Å². The number of hydrogen-bond donors (Lipinski definition) is 3. The van der Waals surface area contributed by atoms with Gasteiger partial charge in [-0.2, -0.15) is 0 Å². The molecule has 1 saturated heterocycles. The van der Waals surface area contributed by atoms with Gasteiger partial charge in [-0.3, -0.25) is 0 Å². The van der Waals surface area contributed by atoms with Crippen LogP contribution in [0.3, 0.4) is 0 Å². The van der Waals surface area contributed by atoms with E-state index in [0.29, 0.717) is 6.61 Å². The number of aliphatic hydroxyl groups is 1. The Labute approximate surface area is 127 Å². The number of benzene rings is 1. The molecule has 1 aromatic rings. The molecule has 118 valence electrons. The highest BCUT2D eigenvalue weighted by Gasteiger charge is 2.23. The van der Waals surface area contributed by atoms with Gasteiger partial charge in [0.05, 0.1) is 13.7 Å². The van der Waals surface area contributed by atoms with Gasteiger partial charge in [-0.15, -0.1) is 0 Å². The maximum absolute atomic E-state index is 10.1. The minimum Gasteiger partial charge on any atom is -0.497 e. The van der Waals surface area contributed by atoms with Crippen LogP contribution in [0, 0.1) is 0 Å². The predicted molar refractivity (Wildman–Crippen MR) is 81.3 cm³/mol. The van der Waals surface area contributed by atoms with Crippen molar-refractivity contribution in [3.63, 3.8) is 0 Å². The number of hydrogen-bond acceptors (Lipinski definition) is 3. The van der Waals surface area contributed by atoms with Crippen LogP contribution in [0.15, 0.2) is 24.3 Å². The summed E-state index contributed by atoms with van der Waals surface area (Å²) in [7, 11) is 1.64. The average Bonchev–Trinajstić information content (AvgIpc) is 2.54. The molecule has 1 aliphatic heterocycles. The van der Waals surface area contributed by atoms with Crippen LogP contribution < -0.4 is 19.3 Å². The zero-order chi connectivity index (χ0) is 15.1. The molecule has 1 fully saturated rings. The lowest BCUT2D eigenvalue weighted by atomic mass is 10.2. The van der Waals surface area contributed by atoms with Gasteiger partial charge in [0.1, 0.15) is 56.9 Å². The molecule has 0 saturated carbocycles. The molecule has 1 heterocycles. The molecular formula is C16H28N2O3+2. The molecular weight excluding hydrogens is 268 g/mol. The second kappa shape index (κ2) is 8.22. The largest absolute Gasteiger partial charge is 0.497 e. The molecule has 0 amide bonds. The molecule has 0 aliphatic carbocycles. The highest BCUT2D eigenvalue weighted by Crippen LogP contribution is 2.16. The number of ether oxygens (including phenoxy) is 2. The van der Waals surface area contributed by atoms with Crippen molar-refractivity contribution >= 4 is 0 Å². The fourth-order valence-corrected chi connectivity index (χ4v) is 2.77. The Hall–Kier alpha value is -1.30. The minimum atomic E-state index is -0.412. The SMILES string of the molecule is CC[NH+]1CC[NH+](C[C@@H](O)COc2ccc(OC)cc2)CC1. The van der Waals surface area contributed by atoms with Crippen LogP contribution in [0.2, 0.25) is 0 Å². The minimum absolute atomic E-state index is 0.347. The van der Waals surface area contributed by atoms with Gasteiger partial charge in [-0.25, -0.2) is 0 Å². The average molecular weight is 296 g/mol. The summed E-state index contributed by atoms with van der Waals surface area (Å²) >= 11 is 0. The van der Waals surface area contributed by atoms with E-state index < -0.39 is 6.10 Å². The van der Waals surface area contributed by atoms with Gasteiger partial charge in [0, 0.05) is 0 Å². The van der Waals surface area contributed by atoms with Crippen LogP contribution in [0.25, 0.3) is 0 Å². The summed E-state index contributed by atoms with van der Waals surface area (Å²) < 4.78 is 10.7. The first-order valence-corrected chi connectivity index (χ1v) is 7.83. The van der Waals surface area contributed by atoms with Crippen molar-refractivity contribution in [2.75, 3.05) is 53.0 Å². The Morgan fingerprint density at radius 3 is 2.19 bits per heavy atom. The summed E-state index contributed by atoms with van der Waals surface area (Å²) in [5.74, 6) is 1.58. The standard InChI is InChI=1S/C16H26N2O3/c1-3-17-8-10-18(11-9-17)12-14(19)13-21-16-6-4-15(20-2)5-7-16/h4-7,14,19H,3,8-13H2,1-2H3/p+2/t14-/m1/s1. The molecule has 0 unspecified atom stereocenters. The summed E-state index contributed by atoms with van der Waals surface area (Å²) in [6, 6.07) is 7.45. The van der Waals surface area contributed by atoms with Gasteiger partial charge in [0.2, 0.25) is 0 Å². The topological polar surface area (TPSA) is 47.6 Å². The van der Waals surface area contributed by atoms with Crippen LogP contribution in [0.5, 0.6) is 11.5 Å². The molecule has 3 N–H and O–H groups in total. The number of methoxy groups -OCH3 is 1. The second-order valence-corrected chi connectivity index (χ2v) is 5.70. The first-order chi connectivity index (χ1) is 10.2. The molecule has 1 aromatic carbocycles. The third kappa shape index (κ3) is 5.19. The summed E-state index contributed by atoms with van der Waals surface area (Å²) in [4.78, 5) is 3.15. The maximum Gasteiger partial charge on any atom is 0.137 e. The van der Waals surface area contributed by atoms with Gasteiger partial charge in [-0.1, -0.05) is 0 Å². The molecule has 5 heteroatoms. The predicted octanol–water partition coefficient (Wildman–Crippen LogP) is -1.76. The lowest BCUT2D eigenvalue weighted by molar-refractivity contribution is -1.01. The zero-order valence-electron chi connectivity index (χ0n) is 13.1. The lowest BCUT2D eigenvalue weighted by Crippen LogP contribution is -3.28. The number of rotatable bonds is 7. The summed E-state index contributed by atoms with van der Waals surface area (Å²) in [6.07, 6.45) is -0.412. The molecule has 1 atom stereocenters. The fourth-order valence-electron chi connectivity index (χ4n) is 2.77. The van der Waals surface area contributed by atoms with Crippen molar-refractivity contribution < 1.29 is 24.4 Å². The highest BCUT2D eigenvalue weighted by atomic mass is 16.5. The smallest absolute Gasteiger partial charge is 0.137 e. The second-order valence-electron chi connectivity index (χ2n) is 5.70. The van der Waals surface area contributed by atoms with Gasteiger partial charge in [-0.05, 0) is 31.2 Å². The first-order valence-electron chi connectivity index (χ1n) is 7.83. The van der Waals surface area contributed by atoms with E-state index in [-0.39, 0.29) is 0 Å². The molecule has 0 spiro atoms. The third-order valence-electron chi connectivity index (χ3n) is 4.19. The van der Waals surface area contributed by atoms with E-state index in [4.69, 9.17) is 9.47 Å². The Bertz CT molecular complexity index is 402. The van der Waals surface area contributed by atoms with Crippen LogP contribution >= 0.6 is 0 Å². The number of likely N-dealkylation sites (N-methyl/N-ethyl adjacent to an activating group) is 1. The van der Waals surface area contributed by atoms with Gasteiger partial charge in [0.25, 0.3) is 0 Å². The Balaban J connectivity index is 1.68. The first kappa shape index (κ1) is 16.1. The van der Waals surface area contributed by atoms with E-state index in [1.165, 1.54) is 24.5 Å². The zero-order valence-corrected chi connectivity index (χ0v) is 13.1. The maximum atomic E-state index is 10.1. The summed E-state index contributed by atoms with van der Waals surface area (Å²) in [5, 5.41) is 10.1. The Morgan fingerprint density at radius 2 is 1.62 bits per heavy atom. The monoisotopic (exact) mass is 296 g/mol. The molecule has 2 rings (SSSR count). The van der Waals surface area contributed by atoms with Crippen molar-refractivity contribution in [3.05, 3.63) is 24.3 Å². The van der Waals surface area contributed by atoms with E-state index in [2.05, 4.69) is 6.92 Å². The molecule has 21 heavy (non-hydrogen) atoms. The Kier molecular flexibility index (Phi) is 6.29. The van der Waals surface area contributed by atoms with Crippen molar-refractivity contribution in [3.8, 4) is 11.5 Å². The van der Waals surface area contributed by atoms with Gasteiger partial charge < -0.3 is 24.4 Å². The van der Waals surface area contributed by atoms with Crippen LogP contribution in [0.4, 0.5) is 0 Å². The van der Waals surface area contributed by atoms with E-state index in [0.717, 1.165) is 31.1 Å². The number of nitrogens with one attached hydrogen (secondary N) is 2. The van der Waals surface area contributed by atoms with Crippen LogP contribution in [0.1, 0.15) is 6.92 Å². The van der Waals surface area contributed by atoms with Gasteiger partial charge >= 0.3 is 0 Å². The normalized spacial score (nSPS) is 23.6. The van der Waals surface area contributed by atoms with Crippen LogP contribution in [-0.4, -0.2) is 64.2 Å². The lowest BCUT2D eigenvalue weighted by Gasteiger charge is -2.30. The van der Waals surface area contributed by atoms with E-state index >= 15 is 0 Å². The number of aliphatic hydroxyl groups excluding tert-OH is 1. The molecule has 5 nitrogen and oxygen atoms in total. The summed E-state index contributed by atoms with van der Waals surface area (Å²) in [6.45, 7) is 9.25. The fraction of sp³-hybridized carbons (Fsp3) is 0.625. The van der Waals surface area contributed by atoms with Crippen molar-refractivity contribution in [1.82, 2.24) is 0 Å². The molecule has 0 aromatic heterocycles. The van der Waals surface area contributed by atoms with Crippen molar-refractivity contribution in [2.45, 2.75) is 13.0 Å². The number of quaternary nitrogens is 2. The summed E-state index contributed by atoms with van der Waals surface area (Å²) in [5.41, 5.74) is 0. The molecule has 0 radical (unpaired) electrons. The third-order valence-corrected chi connectivity index (χ3v) is 4.19. The van der Waals surface area contributed by atoms with Crippen molar-refractivity contribution in [1.29, 1.82) is 0 Å². The number of piperazine rings is 1. The highest BCUT2D eigenvalue weighted by molar-refractivity contribution is 5.31. The van der Waals surface area contributed by atoms with E-state index in [1.807, 2.05) is 24.3 Å².